The number of hydrogen-bond donors (Lipinski definition) is 1. The molecule has 0 atom stereocenters. The van der Waals surface area contributed by atoms with Crippen molar-refractivity contribution in [1.29, 1.82) is 0 Å². The predicted octanol–water partition coefficient (Wildman–Crippen LogP) is 5.41. The van der Waals surface area contributed by atoms with Gasteiger partial charge in [0.25, 0.3) is 0 Å². The molecule has 0 unspecified atom stereocenters. The lowest BCUT2D eigenvalue weighted by Gasteiger charge is -2.38. The lowest BCUT2D eigenvalue weighted by Crippen LogP contribution is -2.38. The van der Waals surface area contributed by atoms with Crippen LogP contribution in [0.15, 0.2) is 59.3 Å². The molecule has 5 rings (SSSR count). The molecule has 0 saturated heterocycles. The number of esters is 1. The minimum atomic E-state index is -0.500. The quantitative estimate of drug-likeness (QED) is 0.320. The van der Waals surface area contributed by atoms with Crippen LogP contribution in [0.1, 0.15) is 43.7 Å². The Hall–Kier alpha value is -3.30. The summed E-state index contributed by atoms with van der Waals surface area (Å²) >= 11 is 3.67. The summed E-state index contributed by atoms with van der Waals surface area (Å²) in [6, 6.07) is 14.1. The van der Waals surface area contributed by atoms with Gasteiger partial charge in [-0.15, -0.1) is 0 Å². The first-order valence-electron chi connectivity index (χ1n) is 11.9. The second-order valence-corrected chi connectivity index (χ2v) is 10.00. The Bertz CT molecular complexity index is 1380. The molecule has 4 aromatic rings. The van der Waals surface area contributed by atoms with E-state index in [1.807, 2.05) is 48.7 Å². The molecule has 1 aromatic carbocycles. The standard InChI is InChI=1S/C27H28BrN5O3/c1-35-22(34)14-27(36-2)12-10-18(11-13-27)24-23(28)25(29)33-26(32-24)20(16-31-33)19-8-9-21(30-15-19)17-6-4-3-5-7-17/h3-9,15-16,18H,10-14,29H2,1-2H3. The Labute approximate surface area is 218 Å². The molecular weight excluding hydrogens is 522 g/mol. The highest BCUT2D eigenvalue weighted by Crippen LogP contribution is 2.44. The first-order valence-corrected chi connectivity index (χ1v) is 12.7. The maximum absolute atomic E-state index is 11.9. The van der Waals surface area contributed by atoms with Crippen LogP contribution >= 0.6 is 15.9 Å². The fraction of sp³-hybridized carbons (Fsp3) is 0.333. The number of nitrogens with two attached hydrogens (primary N) is 1. The molecule has 36 heavy (non-hydrogen) atoms. The Morgan fingerprint density at radius 3 is 2.50 bits per heavy atom. The highest BCUT2D eigenvalue weighted by molar-refractivity contribution is 9.10. The molecule has 0 radical (unpaired) electrons. The van der Waals surface area contributed by atoms with Gasteiger partial charge in [0.15, 0.2) is 5.65 Å². The number of benzene rings is 1. The number of ether oxygens (including phenoxy) is 2. The largest absolute Gasteiger partial charge is 0.469 e. The highest BCUT2D eigenvalue weighted by atomic mass is 79.9. The number of rotatable bonds is 6. The van der Waals surface area contributed by atoms with Gasteiger partial charge in [-0.25, -0.2) is 4.98 Å². The average Bonchev–Trinajstić information content (AvgIpc) is 3.36. The van der Waals surface area contributed by atoms with Gasteiger partial charge in [-0.1, -0.05) is 36.4 Å². The number of carbonyl (C=O) groups excluding carboxylic acids is 1. The molecule has 0 bridgehead atoms. The smallest absolute Gasteiger partial charge is 0.308 e. The molecule has 1 aliphatic carbocycles. The topological polar surface area (TPSA) is 105 Å². The van der Waals surface area contributed by atoms with E-state index in [1.54, 1.807) is 17.8 Å². The maximum Gasteiger partial charge on any atom is 0.308 e. The average molecular weight is 550 g/mol. The van der Waals surface area contributed by atoms with Crippen LogP contribution in [-0.4, -0.2) is 45.4 Å². The summed E-state index contributed by atoms with van der Waals surface area (Å²) in [6.45, 7) is 0. The van der Waals surface area contributed by atoms with Crippen LogP contribution in [0.25, 0.3) is 28.0 Å². The van der Waals surface area contributed by atoms with Gasteiger partial charge >= 0.3 is 5.97 Å². The maximum atomic E-state index is 11.9. The Morgan fingerprint density at radius 2 is 1.86 bits per heavy atom. The summed E-state index contributed by atoms with van der Waals surface area (Å²) in [4.78, 5) is 21.6. The number of methoxy groups -OCH3 is 2. The van der Waals surface area contributed by atoms with E-state index in [4.69, 9.17) is 20.2 Å². The fourth-order valence-electron chi connectivity index (χ4n) is 5.03. The molecule has 0 aliphatic heterocycles. The molecule has 0 amide bonds. The second-order valence-electron chi connectivity index (χ2n) is 9.20. The third kappa shape index (κ3) is 4.49. The molecule has 0 spiro atoms. The number of nitrogens with zero attached hydrogens (tertiary/aromatic N) is 4. The SMILES string of the molecule is COC(=O)CC1(OC)CCC(c2nc3c(-c4ccc(-c5ccccc5)nc4)cnn3c(N)c2Br)CC1. The first kappa shape index (κ1) is 24.4. The summed E-state index contributed by atoms with van der Waals surface area (Å²) in [7, 11) is 3.07. The molecule has 9 heteroatoms. The number of carbonyl (C=O) groups is 1. The van der Waals surface area contributed by atoms with Crippen molar-refractivity contribution in [3.8, 4) is 22.4 Å². The fourth-order valence-corrected chi connectivity index (χ4v) is 5.61. The van der Waals surface area contributed by atoms with E-state index in [-0.39, 0.29) is 18.3 Å². The van der Waals surface area contributed by atoms with E-state index in [2.05, 4.69) is 26.0 Å². The number of anilines is 1. The van der Waals surface area contributed by atoms with Gasteiger partial charge in [0.1, 0.15) is 5.82 Å². The summed E-state index contributed by atoms with van der Waals surface area (Å²) in [5.41, 5.74) is 11.3. The molecule has 3 aromatic heterocycles. The van der Waals surface area contributed by atoms with Crippen molar-refractivity contribution in [2.75, 3.05) is 20.0 Å². The normalized spacial score (nSPS) is 19.9. The second kappa shape index (κ2) is 9.99. The van der Waals surface area contributed by atoms with E-state index >= 15 is 0 Å². The van der Waals surface area contributed by atoms with Gasteiger partial charge < -0.3 is 15.2 Å². The Balaban J connectivity index is 1.45. The van der Waals surface area contributed by atoms with Crippen LogP contribution in [0.5, 0.6) is 0 Å². The van der Waals surface area contributed by atoms with E-state index < -0.39 is 5.60 Å². The molecule has 186 valence electrons. The molecule has 1 aliphatic rings. The molecule has 1 saturated carbocycles. The van der Waals surface area contributed by atoms with Crippen molar-refractivity contribution in [3.05, 3.63) is 65.0 Å². The van der Waals surface area contributed by atoms with Crippen molar-refractivity contribution in [3.63, 3.8) is 0 Å². The highest BCUT2D eigenvalue weighted by Gasteiger charge is 2.39. The van der Waals surface area contributed by atoms with Gasteiger partial charge in [-0.2, -0.15) is 9.61 Å². The summed E-state index contributed by atoms with van der Waals surface area (Å²) in [5.74, 6) is 0.429. The van der Waals surface area contributed by atoms with E-state index in [0.29, 0.717) is 11.5 Å². The minimum absolute atomic E-state index is 0.175. The zero-order chi connectivity index (χ0) is 25.3. The molecule has 3 heterocycles. The molecule has 8 nitrogen and oxygen atoms in total. The monoisotopic (exact) mass is 549 g/mol. The lowest BCUT2D eigenvalue weighted by molar-refractivity contribution is -0.149. The van der Waals surface area contributed by atoms with Crippen LogP contribution in [0.2, 0.25) is 0 Å². The van der Waals surface area contributed by atoms with Gasteiger partial charge in [0.2, 0.25) is 0 Å². The molecule has 1 fully saturated rings. The number of hydrogen-bond acceptors (Lipinski definition) is 7. The van der Waals surface area contributed by atoms with Crippen LogP contribution in [-0.2, 0) is 14.3 Å². The Morgan fingerprint density at radius 1 is 1.11 bits per heavy atom. The van der Waals surface area contributed by atoms with E-state index in [0.717, 1.165) is 58.2 Å². The van der Waals surface area contributed by atoms with Gasteiger partial charge in [-0.3, -0.25) is 9.78 Å². The summed E-state index contributed by atoms with van der Waals surface area (Å²) < 4.78 is 13.1. The lowest BCUT2D eigenvalue weighted by atomic mass is 9.75. The Kier molecular flexibility index (Phi) is 6.77. The summed E-state index contributed by atoms with van der Waals surface area (Å²) in [5, 5.41) is 4.50. The van der Waals surface area contributed by atoms with Crippen LogP contribution in [0, 0.1) is 0 Å². The van der Waals surface area contributed by atoms with Gasteiger partial charge in [0.05, 0.1) is 41.2 Å². The predicted molar refractivity (Wildman–Crippen MR) is 141 cm³/mol. The van der Waals surface area contributed by atoms with Crippen molar-refractivity contribution >= 4 is 33.4 Å². The number of pyridine rings is 1. The van der Waals surface area contributed by atoms with Crippen LogP contribution < -0.4 is 5.73 Å². The number of fused-ring (bicyclic) bond motifs is 1. The minimum Gasteiger partial charge on any atom is -0.469 e. The third-order valence-electron chi connectivity index (χ3n) is 7.20. The van der Waals surface area contributed by atoms with Crippen molar-refractivity contribution < 1.29 is 14.3 Å². The third-order valence-corrected chi connectivity index (χ3v) is 8.02. The van der Waals surface area contributed by atoms with Crippen LogP contribution in [0.3, 0.4) is 0 Å². The summed E-state index contributed by atoms with van der Waals surface area (Å²) in [6.07, 6.45) is 6.99. The van der Waals surface area contributed by atoms with Crippen molar-refractivity contribution in [2.45, 2.75) is 43.6 Å². The van der Waals surface area contributed by atoms with Gasteiger partial charge in [0, 0.05) is 35.9 Å². The van der Waals surface area contributed by atoms with Crippen LogP contribution in [0.4, 0.5) is 5.82 Å². The molecule has 2 N–H and O–H groups in total. The van der Waals surface area contributed by atoms with Crippen molar-refractivity contribution in [2.24, 2.45) is 0 Å². The number of halogens is 1. The molecular formula is C27H28BrN5O3. The van der Waals surface area contributed by atoms with E-state index in [1.165, 1.54) is 7.11 Å². The number of nitrogen functional groups attached to an aromatic ring is 1. The van der Waals surface area contributed by atoms with E-state index in [9.17, 15) is 4.79 Å². The zero-order valence-electron chi connectivity index (χ0n) is 20.3. The van der Waals surface area contributed by atoms with Gasteiger partial charge in [-0.05, 0) is 47.7 Å². The zero-order valence-corrected chi connectivity index (χ0v) is 21.9. The van der Waals surface area contributed by atoms with Crippen molar-refractivity contribution in [1.82, 2.24) is 19.6 Å². The number of aromatic nitrogens is 4. The first-order chi connectivity index (χ1) is 17.4.